The molecule has 1 aliphatic heterocycles. The topological polar surface area (TPSA) is 65.1 Å². The molecule has 0 spiro atoms. The van der Waals surface area contributed by atoms with E-state index in [1.54, 1.807) is 31.4 Å². The number of piperidine rings is 1. The quantitative estimate of drug-likeness (QED) is 0.552. The van der Waals surface area contributed by atoms with Crippen LogP contribution < -0.4 is 9.47 Å². The van der Waals surface area contributed by atoms with E-state index in [4.69, 9.17) is 14.2 Å². The van der Waals surface area contributed by atoms with Crippen molar-refractivity contribution >= 4 is 18.0 Å². The van der Waals surface area contributed by atoms with Crippen molar-refractivity contribution in [3.8, 4) is 11.5 Å². The molecule has 0 saturated carbocycles. The molecule has 1 aromatic rings. The van der Waals surface area contributed by atoms with Crippen LogP contribution in [0.2, 0.25) is 0 Å². The number of methoxy groups -OCH3 is 2. The minimum Gasteiger partial charge on any atom is -0.493 e. The molecular weight excluding hydrogens is 334 g/mol. The highest BCUT2D eigenvalue weighted by atomic mass is 16.5. The van der Waals surface area contributed by atoms with Gasteiger partial charge >= 0.3 is 5.97 Å². The monoisotopic (exact) mass is 361 g/mol. The average Bonchev–Trinajstić information content (AvgIpc) is 2.69. The van der Waals surface area contributed by atoms with Crippen molar-refractivity contribution in [3.05, 3.63) is 29.8 Å². The van der Waals surface area contributed by atoms with Crippen LogP contribution >= 0.6 is 0 Å². The van der Waals surface area contributed by atoms with Gasteiger partial charge in [-0.25, -0.2) is 4.79 Å². The fourth-order valence-corrected chi connectivity index (χ4v) is 3.22. The molecule has 1 aromatic carbocycles. The Bertz CT molecular complexity index is 656. The van der Waals surface area contributed by atoms with Crippen LogP contribution in [0.25, 0.3) is 6.08 Å². The molecule has 6 nitrogen and oxygen atoms in total. The SMILES string of the molecule is CC[C@H]1CCCCN1C(=O)COC(=O)/C=C/c1cccc(OC)c1OC. The van der Waals surface area contributed by atoms with E-state index >= 15 is 0 Å². The molecule has 0 unspecified atom stereocenters. The number of rotatable bonds is 7. The Morgan fingerprint density at radius 1 is 1.23 bits per heavy atom. The van der Waals surface area contributed by atoms with Crippen molar-refractivity contribution in [2.45, 2.75) is 38.6 Å². The lowest BCUT2D eigenvalue weighted by Crippen LogP contribution is -2.45. The van der Waals surface area contributed by atoms with E-state index in [-0.39, 0.29) is 18.6 Å². The summed E-state index contributed by atoms with van der Waals surface area (Å²) >= 11 is 0. The van der Waals surface area contributed by atoms with Crippen molar-refractivity contribution in [1.29, 1.82) is 0 Å². The summed E-state index contributed by atoms with van der Waals surface area (Å²) in [5.74, 6) is 0.425. The summed E-state index contributed by atoms with van der Waals surface area (Å²) in [5.41, 5.74) is 0.692. The third-order valence-electron chi connectivity index (χ3n) is 4.59. The number of nitrogens with zero attached hydrogens (tertiary/aromatic N) is 1. The lowest BCUT2D eigenvalue weighted by Gasteiger charge is -2.35. The van der Waals surface area contributed by atoms with Crippen LogP contribution in [-0.4, -0.2) is 50.2 Å². The summed E-state index contributed by atoms with van der Waals surface area (Å²) in [4.78, 5) is 26.1. The number of hydrogen-bond acceptors (Lipinski definition) is 5. The van der Waals surface area contributed by atoms with Crippen LogP contribution in [0, 0.1) is 0 Å². The molecule has 6 heteroatoms. The van der Waals surface area contributed by atoms with Gasteiger partial charge in [-0.3, -0.25) is 4.79 Å². The van der Waals surface area contributed by atoms with Gasteiger partial charge in [0.15, 0.2) is 18.1 Å². The van der Waals surface area contributed by atoms with Crippen LogP contribution in [0.5, 0.6) is 11.5 Å². The number of hydrogen-bond donors (Lipinski definition) is 0. The first-order chi connectivity index (χ1) is 12.6. The number of amides is 1. The van der Waals surface area contributed by atoms with E-state index in [9.17, 15) is 9.59 Å². The number of carbonyl (C=O) groups is 2. The molecular formula is C20H27NO5. The highest BCUT2D eigenvalue weighted by molar-refractivity contribution is 5.90. The van der Waals surface area contributed by atoms with Gasteiger partial charge in [-0.15, -0.1) is 0 Å². The highest BCUT2D eigenvalue weighted by Gasteiger charge is 2.25. The molecule has 1 aliphatic rings. The maximum Gasteiger partial charge on any atom is 0.331 e. The summed E-state index contributed by atoms with van der Waals surface area (Å²) in [6.45, 7) is 2.59. The van der Waals surface area contributed by atoms with Gasteiger partial charge in [-0.2, -0.15) is 0 Å². The van der Waals surface area contributed by atoms with E-state index in [0.717, 1.165) is 32.2 Å². The number of para-hydroxylation sites is 1. The third-order valence-corrected chi connectivity index (χ3v) is 4.59. The normalized spacial score (nSPS) is 17.2. The minimum atomic E-state index is -0.562. The summed E-state index contributed by atoms with van der Waals surface area (Å²) < 4.78 is 15.7. The van der Waals surface area contributed by atoms with E-state index in [1.807, 2.05) is 4.90 Å². The van der Waals surface area contributed by atoms with E-state index in [2.05, 4.69) is 6.92 Å². The molecule has 1 fully saturated rings. The van der Waals surface area contributed by atoms with E-state index in [1.165, 1.54) is 13.2 Å². The van der Waals surface area contributed by atoms with Crippen molar-refractivity contribution < 1.29 is 23.8 Å². The Balaban J connectivity index is 1.92. The van der Waals surface area contributed by atoms with Crippen LogP contribution in [0.15, 0.2) is 24.3 Å². The second-order valence-electron chi connectivity index (χ2n) is 6.17. The Morgan fingerprint density at radius 3 is 2.73 bits per heavy atom. The largest absolute Gasteiger partial charge is 0.493 e. The van der Waals surface area contributed by atoms with Crippen LogP contribution in [-0.2, 0) is 14.3 Å². The fraction of sp³-hybridized carbons (Fsp3) is 0.500. The Morgan fingerprint density at radius 2 is 2.04 bits per heavy atom. The summed E-state index contributed by atoms with van der Waals surface area (Å²) in [5, 5.41) is 0. The lowest BCUT2D eigenvalue weighted by molar-refractivity contribution is -0.150. The molecule has 0 N–H and O–H groups in total. The zero-order chi connectivity index (χ0) is 18.9. The number of ether oxygens (including phenoxy) is 3. The first-order valence-electron chi connectivity index (χ1n) is 8.96. The minimum absolute atomic E-state index is 0.128. The number of esters is 1. The number of likely N-dealkylation sites (tertiary alicyclic amines) is 1. The van der Waals surface area contributed by atoms with Gasteiger partial charge in [-0.05, 0) is 37.8 Å². The predicted molar refractivity (Wildman–Crippen MR) is 99.2 cm³/mol. The molecule has 1 heterocycles. The third kappa shape index (κ3) is 5.00. The number of benzene rings is 1. The molecule has 1 amide bonds. The molecule has 1 saturated heterocycles. The molecule has 0 aromatic heterocycles. The molecule has 0 radical (unpaired) electrons. The number of carbonyl (C=O) groups excluding carboxylic acids is 2. The van der Waals surface area contributed by atoms with Crippen molar-refractivity contribution in [1.82, 2.24) is 4.90 Å². The van der Waals surface area contributed by atoms with Crippen LogP contribution in [0.1, 0.15) is 38.2 Å². The van der Waals surface area contributed by atoms with Crippen LogP contribution in [0.3, 0.4) is 0 Å². The van der Waals surface area contributed by atoms with Crippen molar-refractivity contribution in [2.75, 3.05) is 27.4 Å². The molecule has 142 valence electrons. The Labute approximate surface area is 154 Å². The Kier molecular flexibility index (Phi) is 7.51. The van der Waals surface area contributed by atoms with Gasteiger partial charge in [0, 0.05) is 24.2 Å². The molecule has 0 bridgehead atoms. The smallest absolute Gasteiger partial charge is 0.331 e. The highest BCUT2D eigenvalue weighted by Crippen LogP contribution is 2.31. The van der Waals surface area contributed by atoms with Crippen molar-refractivity contribution in [2.24, 2.45) is 0 Å². The first kappa shape index (κ1) is 19.8. The summed E-state index contributed by atoms with van der Waals surface area (Å²) in [7, 11) is 3.09. The molecule has 0 aliphatic carbocycles. The van der Waals surface area contributed by atoms with E-state index < -0.39 is 5.97 Å². The molecule has 1 atom stereocenters. The zero-order valence-electron chi connectivity index (χ0n) is 15.7. The van der Waals surface area contributed by atoms with Gasteiger partial charge in [-0.1, -0.05) is 19.1 Å². The standard InChI is InChI=1S/C20H27NO5/c1-4-16-9-5-6-13-21(16)18(22)14-26-19(23)12-11-15-8-7-10-17(24-2)20(15)25-3/h7-8,10-12,16H,4-6,9,13-14H2,1-3H3/b12-11+/t16-/m0/s1. The van der Waals surface area contributed by atoms with Crippen LogP contribution in [0.4, 0.5) is 0 Å². The van der Waals surface area contributed by atoms with Gasteiger partial charge in [0.25, 0.3) is 5.91 Å². The maximum atomic E-state index is 12.3. The molecule has 2 rings (SSSR count). The van der Waals surface area contributed by atoms with Gasteiger partial charge in [0.2, 0.25) is 0 Å². The summed E-state index contributed by atoms with van der Waals surface area (Å²) in [6.07, 6.45) is 6.97. The van der Waals surface area contributed by atoms with E-state index in [0.29, 0.717) is 17.1 Å². The predicted octanol–water partition coefficient (Wildman–Crippen LogP) is 3.05. The fourth-order valence-electron chi connectivity index (χ4n) is 3.22. The van der Waals surface area contributed by atoms with Gasteiger partial charge in [0.1, 0.15) is 0 Å². The van der Waals surface area contributed by atoms with Gasteiger partial charge in [0.05, 0.1) is 14.2 Å². The lowest BCUT2D eigenvalue weighted by atomic mass is 10.00. The second kappa shape index (κ2) is 9.85. The van der Waals surface area contributed by atoms with Gasteiger partial charge < -0.3 is 19.1 Å². The van der Waals surface area contributed by atoms with Crippen molar-refractivity contribution in [3.63, 3.8) is 0 Å². The molecule has 26 heavy (non-hydrogen) atoms. The maximum absolute atomic E-state index is 12.3. The average molecular weight is 361 g/mol. The summed E-state index contributed by atoms with van der Waals surface area (Å²) in [6, 6.07) is 5.63. The second-order valence-corrected chi connectivity index (χ2v) is 6.17. The zero-order valence-corrected chi connectivity index (χ0v) is 15.7. The first-order valence-corrected chi connectivity index (χ1v) is 8.96. The Hall–Kier alpha value is -2.50.